The van der Waals surface area contributed by atoms with Crippen molar-refractivity contribution in [1.82, 2.24) is 10.2 Å². The van der Waals surface area contributed by atoms with Crippen molar-refractivity contribution in [2.45, 2.75) is 59.0 Å². The molecule has 0 saturated heterocycles. The van der Waals surface area contributed by atoms with E-state index in [1.165, 1.54) is 9.21 Å². The van der Waals surface area contributed by atoms with Gasteiger partial charge in [0.1, 0.15) is 11.8 Å². The maximum absolute atomic E-state index is 13.5. The minimum absolute atomic E-state index is 0.0304. The predicted octanol–water partition coefficient (Wildman–Crippen LogP) is 5.27. The molecule has 38 heavy (non-hydrogen) atoms. The summed E-state index contributed by atoms with van der Waals surface area (Å²) < 4.78 is 31.8. The lowest BCUT2D eigenvalue weighted by Crippen LogP contribution is -2.49. The van der Waals surface area contributed by atoms with Crippen LogP contribution in [0.25, 0.3) is 0 Å². The van der Waals surface area contributed by atoms with E-state index in [0.29, 0.717) is 46.6 Å². The molecule has 0 heterocycles. The summed E-state index contributed by atoms with van der Waals surface area (Å²) in [7, 11) is -3.60. The highest BCUT2D eigenvalue weighted by atomic mass is 35.5. The molecule has 0 aromatic heterocycles. The molecular formula is C27H37Cl2N3O5S. The second-order valence-electron chi connectivity index (χ2n) is 8.80. The number of hydrogen-bond acceptors (Lipinski definition) is 5. The molecule has 2 rings (SSSR count). The Kier molecular flexibility index (Phi) is 12.7. The van der Waals surface area contributed by atoms with Crippen molar-refractivity contribution in [3.05, 3.63) is 58.1 Å². The van der Waals surface area contributed by atoms with Gasteiger partial charge in [-0.3, -0.25) is 13.9 Å². The number of hydrogen-bond donors (Lipinski definition) is 1. The van der Waals surface area contributed by atoms with Crippen molar-refractivity contribution in [3.63, 3.8) is 0 Å². The van der Waals surface area contributed by atoms with Gasteiger partial charge in [-0.05, 0) is 62.6 Å². The van der Waals surface area contributed by atoms with E-state index >= 15 is 0 Å². The number of carbonyl (C=O) groups is 2. The number of ether oxygens (including phenoxy) is 1. The molecule has 2 aromatic carbocycles. The fraction of sp³-hybridized carbons (Fsp3) is 0.481. The number of halogens is 2. The second kappa shape index (κ2) is 15.2. The molecule has 0 fully saturated rings. The zero-order valence-corrected chi connectivity index (χ0v) is 24.7. The molecule has 0 aliphatic carbocycles. The highest BCUT2D eigenvalue weighted by Gasteiger charge is 2.29. The van der Waals surface area contributed by atoms with Gasteiger partial charge < -0.3 is 15.0 Å². The number of benzene rings is 2. The van der Waals surface area contributed by atoms with Gasteiger partial charge >= 0.3 is 0 Å². The Labute approximate surface area is 236 Å². The standard InChI is InChI=1S/C27H37Cl2N3O5S/c1-5-17-30-27(34)25(6-2)31(19-22-23(28)10-8-11-24(22)29)26(33)12-9-18-32(38(4,35)36)20-13-15-21(16-14-20)37-7-3/h8,10-11,13-16,25H,5-7,9,12,17-19H2,1-4H3,(H,30,34)/t25-/m0/s1. The molecule has 0 bridgehead atoms. The number of anilines is 1. The fourth-order valence-corrected chi connectivity index (χ4v) is 5.50. The first-order chi connectivity index (χ1) is 18.0. The Morgan fingerprint density at radius 1 is 1.03 bits per heavy atom. The fourth-order valence-electron chi connectivity index (χ4n) is 4.02. The number of carbonyl (C=O) groups excluding carboxylic acids is 2. The third-order valence-corrected chi connectivity index (χ3v) is 7.82. The number of nitrogens with one attached hydrogen (secondary N) is 1. The van der Waals surface area contributed by atoms with Crippen molar-refractivity contribution < 1.29 is 22.7 Å². The summed E-state index contributed by atoms with van der Waals surface area (Å²) in [6, 6.07) is 11.1. The molecular weight excluding hydrogens is 549 g/mol. The minimum Gasteiger partial charge on any atom is -0.494 e. The topological polar surface area (TPSA) is 96.0 Å². The van der Waals surface area contributed by atoms with E-state index < -0.39 is 16.1 Å². The Morgan fingerprint density at radius 2 is 1.66 bits per heavy atom. The number of rotatable bonds is 15. The van der Waals surface area contributed by atoms with Crippen molar-refractivity contribution in [2.75, 3.05) is 30.3 Å². The average Bonchev–Trinajstić information content (AvgIpc) is 2.87. The SMILES string of the molecule is CCCNC(=O)[C@H](CC)N(Cc1c(Cl)cccc1Cl)C(=O)CCCN(c1ccc(OCC)cc1)S(C)(=O)=O. The average molecular weight is 587 g/mol. The monoisotopic (exact) mass is 585 g/mol. The maximum atomic E-state index is 13.5. The molecule has 0 aliphatic rings. The first-order valence-corrected chi connectivity index (χ1v) is 15.3. The minimum atomic E-state index is -3.60. The van der Waals surface area contributed by atoms with Crippen LogP contribution in [0.3, 0.4) is 0 Å². The van der Waals surface area contributed by atoms with Crippen LogP contribution in [0.4, 0.5) is 5.69 Å². The lowest BCUT2D eigenvalue weighted by molar-refractivity contribution is -0.141. The summed E-state index contributed by atoms with van der Waals surface area (Å²) in [4.78, 5) is 27.9. The smallest absolute Gasteiger partial charge is 0.242 e. The van der Waals surface area contributed by atoms with Crippen LogP contribution in [0.15, 0.2) is 42.5 Å². The summed E-state index contributed by atoms with van der Waals surface area (Å²) in [5, 5.41) is 3.67. The summed E-state index contributed by atoms with van der Waals surface area (Å²) in [5.74, 6) is 0.0957. The largest absolute Gasteiger partial charge is 0.494 e. The Balaban J connectivity index is 2.24. The van der Waals surface area contributed by atoms with Crippen molar-refractivity contribution in [3.8, 4) is 5.75 Å². The van der Waals surface area contributed by atoms with Crippen molar-refractivity contribution in [2.24, 2.45) is 0 Å². The Bertz CT molecular complexity index is 1160. The Hall–Kier alpha value is -2.49. The van der Waals surface area contributed by atoms with Gasteiger partial charge in [0.2, 0.25) is 21.8 Å². The highest BCUT2D eigenvalue weighted by molar-refractivity contribution is 7.92. The van der Waals surface area contributed by atoms with E-state index in [0.717, 1.165) is 12.7 Å². The van der Waals surface area contributed by atoms with Crippen LogP contribution >= 0.6 is 23.2 Å². The number of nitrogens with zero attached hydrogens (tertiary/aromatic N) is 2. The molecule has 2 aromatic rings. The zero-order chi connectivity index (χ0) is 28.3. The van der Waals surface area contributed by atoms with Crippen LogP contribution in [0.2, 0.25) is 10.0 Å². The molecule has 0 aliphatic heterocycles. The quantitative estimate of drug-likeness (QED) is 0.307. The molecule has 2 amide bonds. The molecule has 0 saturated carbocycles. The highest BCUT2D eigenvalue weighted by Crippen LogP contribution is 2.28. The summed E-state index contributed by atoms with van der Waals surface area (Å²) in [6.45, 7) is 6.81. The summed E-state index contributed by atoms with van der Waals surface area (Å²) in [6.07, 6.45) is 2.56. The predicted molar refractivity (Wildman–Crippen MR) is 153 cm³/mol. The normalized spacial score (nSPS) is 12.1. The third kappa shape index (κ3) is 9.06. The van der Waals surface area contributed by atoms with Gasteiger partial charge in [-0.25, -0.2) is 8.42 Å². The lowest BCUT2D eigenvalue weighted by Gasteiger charge is -2.31. The van der Waals surface area contributed by atoms with E-state index in [2.05, 4.69) is 5.32 Å². The molecule has 210 valence electrons. The Morgan fingerprint density at radius 3 is 2.18 bits per heavy atom. The summed E-state index contributed by atoms with van der Waals surface area (Å²) >= 11 is 12.8. The molecule has 0 spiro atoms. The van der Waals surface area contributed by atoms with Gasteiger partial charge in [0.15, 0.2) is 0 Å². The van der Waals surface area contributed by atoms with Crippen LogP contribution in [-0.2, 0) is 26.2 Å². The van der Waals surface area contributed by atoms with Crippen LogP contribution in [0.5, 0.6) is 5.75 Å². The van der Waals surface area contributed by atoms with Crippen molar-refractivity contribution in [1.29, 1.82) is 0 Å². The van der Waals surface area contributed by atoms with E-state index in [-0.39, 0.29) is 37.7 Å². The number of sulfonamides is 1. The van der Waals surface area contributed by atoms with Crippen LogP contribution in [0, 0.1) is 0 Å². The van der Waals surface area contributed by atoms with Gasteiger partial charge in [-0.1, -0.05) is 43.1 Å². The maximum Gasteiger partial charge on any atom is 0.242 e. The van der Waals surface area contributed by atoms with E-state index in [9.17, 15) is 18.0 Å². The van der Waals surface area contributed by atoms with Crippen LogP contribution in [0.1, 0.15) is 52.0 Å². The van der Waals surface area contributed by atoms with Crippen molar-refractivity contribution >= 4 is 50.7 Å². The van der Waals surface area contributed by atoms with Crippen LogP contribution < -0.4 is 14.4 Å². The van der Waals surface area contributed by atoms with Gasteiger partial charge in [-0.15, -0.1) is 0 Å². The molecule has 8 nitrogen and oxygen atoms in total. The second-order valence-corrected chi connectivity index (χ2v) is 11.5. The van der Waals surface area contributed by atoms with E-state index in [1.54, 1.807) is 42.5 Å². The molecule has 1 N–H and O–H groups in total. The number of amides is 2. The molecule has 0 unspecified atom stereocenters. The van der Waals surface area contributed by atoms with E-state index in [1.807, 2.05) is 20.8 Å². The third-order valence-electron chi connectivity index (χ3n) is 5.91. The summed E-state index contributed by atoms with van der Waals surface area (Å²) in [5.41, 5.74) is 1.03. The van der Waals surface area contributed by atoms with Crippen LogP contribution in [-0.4, -0.2) is 57.1 Å². The first kappa shape index (κ1) is 31.7. The first-order valence-electron chi connectivity index (χ1n) is 12.7. The molecule has 0 radical (unpaired) electrons. The molecule has 1 atom stereocenters. The molecule has 11 heteroatoms. The van der Waals surface area contributed by atoms with Gasteiger partial charge in [0, 0.05) is 41.7 Å². The van der Waals surface area contributed by atoms with Gasteiger partial charge in [0.25, 0.3) is 0 Å². The van der Waals surface area contributed by atoms with E-state index in [4.69, 9.17) is 27.9 Å². The van der Waals surface area contributed by atoms with Gasteiger partial charge in [-0.2, -0.15) is 0 Å². The zero-order valence-electron chi connectivity index (χ0n) is 22.4. The lowest BCUT2D eigenvalue weighted by atomic mass is 10.1. The van der Waals surface area contributed by atoms with Gasteiger partial charge in [0.05, 0.1) is 18.6 Å².